The van der Waals surface area contributed by atoms with Crippen LogP contribution in [0.1, 0.15) is 25.0 Å². The van der Waals surface area contributed by atoms with Crippen molar-refractivity contribution >= 4 is 16.5 Å². The Morgan fingerprint density at radius 2 is 2.28 bits per heavy atom. The van der Waals surface area contributed by atoms with E-state index >= 15 is 0 Å². The van der Waals surface area contributed by atoms with Crippen molar-refractivity contribution in [3.05, 3.63) is 11.1 Å². The Morgan fingerprint density at radius 3 is 3.11 bits per heavy atom. The summed E-state index contributed by atoms with van der Waals surface area (Å²) in [6.45, 7) is 6.17. The Labute approximate surface area is 113 Å². The summed E-state index contributed by atoms with van der Waals surface area (Å²) in [4.78, 5) is 9.62. The van der Waals surface area contributed by atoms with Gasteiger partial charge in [-0.25, -0.2) is 4.98 Å². The van der Waals surface area contributed by atoms with E-state index in [4.69, 9.17) is 5.73 Å². The van der Waals surface area contributed by atoms with Crippen LogP contribution in [-0.4, -0.2) is 53.5 Å². The fourth-order valence-electron chi connectivity index (χ4n) is 3.13. The van der Waals surface area contributed by atoms with Gasteiger partial charge in [-0.3, -0.25) is 4.90 Å². The zero-order valence-electron chi connectivity index (χ0n) is 10.8. The van der Waals surface area contributed by atoms with Gasteiger partial charge in [0.05, 0.1) is 5.69 Å². The van der Waals surface area contributed by atoms with Gasteiger partial charge >= 0.3 is 0 Å². The number of piperazine rings is 1. The lowest BCUT2D eigenvalue weighted by Crippen LogP contribution is -2.55. The monoisotopic (exact) mass is 266 g/mol. The molecule has 4 nitrogen and oxygen atoms in total. The second-order valence-corrected chi connectivity index (χ2v) is 6.30. The molecule has 1 atom stereocenters. The molecular formula is C13H22N4S. The highest BCUT2D eigenvalue weighted by atomic mass is 32.1. The summed E-state index contributed by atoms with van der Waals surface area (Å²) in [7, 11) is 0. The highest BCUT2D eigenvalue weighted by Gasteiger charge is 2.28. The number of piperidine rings is 1. The molecule has 0 spiro atoms. The van der Waals surface area contributed by atoms with Crippen LogP contribution in [-0.2, 0) is 6.42 Å². The minimum atomic E-state index is 0.696. The Balaban J connectivity index is 1.49. The smallest absolute Gasteiger partial charge is 0.180 e. The molecule has 1 unspecified atom stereocenters. The summed E-state index contributed by atoms with van der Waals surface area (Å²) in [5.74, 6) is 0. The van der Waals surface area contributed by atoms with E-state index in [9.17, 15) is 0 Å². The number of hydrogen-bond acceptors (Lipinski definition) is 5. The molecule has 5 heteroatoms. The topological polar surface area (TPSA) is 45.4 Å². The third kappa shape index (κ3) is 2.84. The standard InChI is InChI=1S/C13H22N4S/c14-13-15-11(10-18-13)4-6-16-7-8-17-5-2-1-3-12(17)9-16/h10,12H,1-9H2,(H2,14,15). The molecule has 1 aromatic rings. The first-order valence-electron chi connectivity index (χ1n) is 6.97. The van der Waals surface area contributed by atoms with Gasteiger partial charge in [-0.05, 0) is 19.4 Å². The van der Waals surface area contributed by atoms with Gasteiger partial charge in [-0.1, -0.05) is 6.42 Å². The SMILES string of the molecule is Nc1nc(CCN2CCN3CCCCC3C2)cs1. The molecule has 3 heterocycles. The van der Waals surface area contributed by atoms with E-state index < -0.39 is 0 Å². The number of anilines is 1. The van der Waals surface area contributed by atoms with Gasteiger partial charge in [-0.2, -0.15) is 0 Å². The van der Waals surface area contributed by atoms with Crippen molar-refractivity contribution in [3.8, 4) is 0 Å². The van der Waals surface area contributed by atoms with E-state index in [0.717, 1.165) is 24.7 Å². The summed E-state index contributed by atoms with van der Waals surface area (Å²) < 4.78 is 0. The molecule has 100 valence electrons. The number of nitrogen functional groups attached to an aromatic ring is 1. The largest absolute Gasteiger partial charge is 0.375 e. The summed E-state index contributed by atoms with van der Waals surface area (Å²) in [6.07, 6.45) is 5.24. The Hall–Kier alpha value is -0.650. The molecule has 2 N–H and O–H groups in total. The molecule has 0 radical (unpaired) electrons. The van der Waals surface area contributed by atoms with Gasteiger partial charge < -0.3 is 10.6 Å². The second kappa shape index (κ2) is 5.55. The van der Waals surface area contributed by atoms with Crippen LogP contribution in [0.25, 0.3) is 0 Å². The average Bonchev–Trinajstić information content (AvgIpc) is 2.82. The number of fused-ring (bicyclic) bond motifs is 1. The van der Waals surface area contributed by atoms with Crippen LogP contribution < -0.4 is 5.73 Å². The molecule has 0 bridgehead atoms. The highest BCUT2D eigenvalue weighted by Crippen LogP contribution is 2.21. The third-order valence-corrected chi connectivity index (χ3v) is 4.90. The number of nitrogens with two attached hydrogens (primary N) is 1. The van der Waals surface area contributed by atoms with E-state index in [2.05, 4.69) is 20.2 Å². The zero-order valence-corrected chi connectivity index (χ0v) is 11.7. The first-order chi connectivity index (χ1) is 8.81. The maximum absolute atomic E-state index is 5.66. The fourth-order valence-corrected chi connectivity index (χ4v) is 3.73. The number of hydrogen-bond donors (Lipinski definition) is 1. The van der Waals surface area contributed by atoms with Crippen LogP contribution in [0.2, 0.25) is 0 Å². The summed E-state index contributed by atoms with van der Waals surface area (Å²) in [5.41, 5.74) is 6.82. The molecule has 0 aliphatic carbocycles. The Kier molecular flexibility index (Phi) is 3.82. The van der Waals surface area contributed by atoms with Gasteiger partial charge in [0, 0.05) is 44.0 Å². The fraction of sp³-hybridized carbons (Fsp3) is 0.769. The van der Waals surface area contributed by atoms with Crippen LogP contribution in [0.4, 0.5) is 5.13 Å². The van der Waals surface area contributed by atoms with Gasteiger partial charge in [-0.15, -0.1) is 11.3 Å². The molecule has 2 aliphatic heterocycles. The van der Waals surface area contributed by atoms with Gasteiger partial charge in [0.1, 0.15) is 0 Å². The average molecular weight is 266 g/mol. The molecule has 0 aromatic carbocycles. The molecule has 18 heavy (non-hydrogen) atoms. The minimum Gasteiger partial charge on any atom is -0.375 e. The van der Waals surface area contributed by atoms with Crippen LogP contribution in [0.15, 0.2) is 5.38 Å². The van der Waals surface area contributed by atoms with Crippen LogP contribution in [0.5, 0.6) is 0 Å². The predicted octanol–water partition coefficient (Wildman–Crippen LogP) is 1.44. The molecule has 0 amide bonds. The van der Waals surface area contributed by atoms with E-state index in [1.165, 1.54) is 45.4 Å². The van der Waals surface area contributed by atoms with Crippen molar-refractivity contribution in [1.29, 1.82) is 0 Å². The van der Waals surface area contributed by atoms with Gasteiger partial charge in [0.25, 0.3) is 0 Å². The lowest BCUT2D eigenvalue weighted by atomic mass is 9.99. The maximum Gasteiger partial charge on any atom is 0.180 e. The van der Waals surface area contributed by atoms with Crippen molar-refractivity contribution < 1.29 is 0 Å². The van der Waals surface area contributed by atoms with Crippen LogP contribution >= 0.6 is 11.3 Å². The Bertz CT molecular complexity index is 392. The quantitative estimate of drug-likeness (QED) is 0.899. The number of nitrogens with zero attached hydrogens (tertiary/aromatic N) is 3. The number of thiazole rings is 1. The molecule has 2 aliphatic rings. The number of aromatic nitrogens is 1. The van der Waals surface area contributed by atoms with Crippen molar-refractivity contribution in [3.63, 3.8) is 0 Å². The van der Waals surface area contributed by atoms with Crippen LogP contribution in [0, 0.1) is 0 Å². The van der Waals surface area contributed by atoms with Crippen LogP contribution in [0.3, 0.4) is 0 Å². The van der Waals surface area contributed by atoms with E-state index in [-0.39, 0.29) is 0 Å². The zero-order chi connectivity index (χ0) is 12.4. The molecular weight excluding hydrogens is 244 g/mol. The van der Waals surface area contributed by atoms with Crippen molar-refractivity contribution in [2.24, 2.45) is 0 Å². The second-order valence-electron chi connectivity index (χ2n) is 5.41. The number of rotatable bonds is 3. The minimum absolute atomic E-state index is 0.696. The molecule has 2 fully saturated rings. The van der Waals surface area contributed by atoms with Crippen molar-refractivity contribution in [1.82, 2.24) is 14.8 Å². The molecule has 2 saturated heterocycles. The van der Waals surface area contributed by atoms with Crippen molar-refractivity contribution in [2.75, 3.05) is 38.5 Å². The molecule has 0 saturated carbocycles. The normalized spacial score (nSPS) is 26.1. The van der Waals surface area contributed by atoms with E-state index in [1.807, 2.05) is 0 Å². The predicted molar refractivity (Wildman–Crippen MR) is 75.9 cm³/mol. The maximum atomic E-state index is 5.66. The first kappa shape index (κ1) is 12.4. The molecule has 1 aromatic heterocycles. The highest BCUT2D eigenvalue weighted by molar-refractivity contribution is 7.13. The van der Waals surface area contributed by atoms with Gasteiger partial charge in [0.15, 0.2) is 5.13 Å². The summed E-state index contributed by atoms with van der Waals surface area (Å²) >= 11 is 1.55. The summed E-state index contributed by atoms with van der Waals surface area (Å²) in [6, 6.07) is 0.813. The summed E-state index contributed by atoms with van der Waals surface area (Å²) in [5, 5.41) is 2.79. The van der Waals surface area contributed by atoms with Gasteiger partial charge in [0.2, 0.25) is 0 Å². The van der Waals surface area contributed by atoms with E-state index in [0.29, 0.717) is 5.13 Å². The Morgan fingerprint density at radius 1 is 1.33 bits per heavy atom. The van der Waals surface area contributed by atoms with Crippen molar-refractivity contribution in [2.45, 2.75) is 31.7 Å². The lowest BCUT2D eigenvalue weighted by molar-refractivity contribution is 0.0499. The third-order valence-electron chi connectivity index (χ3n) is 4.18. The first-order valence-corrected chi connectivity index (χ1v) is 7.85. The molecule has 3 rings (SSSR count). The lowest BCUT2D eigenvalue weighted by Gasteiger charge is -2.44. The van der Waals surface area contributed by atoms with E-state index in [1.54, 1.807) is 11.3 Å².